The highest BCUT2D eigenvalue weighted by Gasteiger charge is 2.38. The molecular weight excluding hydrogens is 195 g/mol. The van der Waals surface area contributed by atoms with Gasteiger partial charge in [-0.05, 0) is 30.2 Å². The molecule has 0 bridgehead atoms. The number of alkyl halides is 3. The van der Waals surface area contributed by atoms with Crippen LogP contribution in [-0.2, 0) is 0 Å². The molecule has 2 nitrogen and oxygen atoms in total. The summed E-state index contributed by atoms with van der Waals surface area (Å²) in [4.78, 5) is 0. The summed E-state index contributed by atoms with van der Waals surface area (Å²) in [6, 6.07) is 1.63. The average Bonchev–Trinajstić information content (AvgIpc) is 2.01. The van der Waals surface area contributed by atoms with Crippen LogP contribution in [0, 0.1) is 6.92 Å². The molecule has 0 aliphatic rings. The van der Waals surface area contributed by atoms with Crippen molar-refractivity contribution in [3.63, 3.8) is 0 Å². The summed E-state index contributed by atoms with van der Waals surface area (Å²) >= 11 is 0. The number of nitrogens with two attached hydrogens (primary N) is 1. The number of hydrogen-bond acceptors (Lipinski definition) is 2. The smallest absolute Gasteiger partial charge is 0.407 e. The molecule has 3 N–H and O–H groups in total. The molecule has 0 aliphatic heterocycles. The fourth-order valence-electron chi connectivity index (χ4n) is 1.19. The van der Waals surface area contributed by atoms with E-state index in [4.69, 9.17) is 10.8 Å². The molecule has 0 amide bonds. The third-order valence-electron chi connectivity index (χ3n) is 1.94. The Morgan fingerprint density at radius 2 is 1.93 bits per heavy atom. The van der Waals surface area contributed by atoms with Gasteiger partial charge in [0.05, 0.1) is 0 Å². The number of rotatable bonds is 1. The van der Waals surface area contributed by atoms with Crippen molar-refractivity contribution in [3.05, 3.63) is 29.3 Å². The molecule has 78 valence electrons. The van der Waals surface area contributed by atoms with Crippen molar-refractivity contribution in [2.75, 3.05) is 0 Å². The Hall–Kier alpha value is -1.23. The van der Waals surface area contributed by atoms with Gasteiger partial charge in [-0.15, -0.1) is 0 Å². The van der Waals surface area contributed by atoms with Crippen molar-refractivity contribution < 1.29 is 18.3 Å². The lowest BCUT2D eigenvalue weighted by atomic mass is 10.0. The number of halogens is 3. The fraction of sp³-hybridized carbons (Fsp3) is 0.333. The van der Waals surface area contributed by atoms with Gasteiger partial charge < -0.3 is 10.8 Å². The summed E-state index contributed by atoms with van der Waals surface area (Å²) < 4.78 is 36.7. The summed E-state index contributed by atoms with van der Waals surface area (Å²) in [6.07, 6.45) is -4.46. The molecule has 0 aliphatic carbocycles. The van der Waals surface area contributed by atoms with Crippen molar-refractivity contribution >= 4 is 0 Å². The lowest BCUT2D eigenvalue weighted by Gasteiger charge is -2.17. The maximum Gasteiger partial charge on any atom is 0.407 e. The molecule has 0 saturated carbocycles. The van der Waals surface area contributed by atoms with Crippen LogP contribution < -0.4 is 5.73 Å². The zero-order valence-electron chi connectivity index (χ0n) is 7.47. The Morgan fingerprint density at radius 1 is 1.36 bits per heavy atom. The minimum absolute atomic E-state index is 0.0182. The van der Waals surface area contributed by atoms with Crippen LogP contribution in [0.2, 0.25) is 0 Å². The van der Waals surface area contributed by atoms with Crippen LogP contribution in [0.1, 0.15) is 17.2 Å². The van der Waals surface area contributed by atoms with E-state index in [2.05, 4.69) is 0 Å². The Bertz CT molecular complexity index is 335. The first-order valence-electron chi connectivity index (χ1n) is 3.94. The van der Waals surface area contributed by atoms with Crippen molar-refractivity contribution in [2.45, 2.75) is 19.1 Å². The van der Waals surface area contributed by atoms with Crippen LogP contribution in [0.15, 0.2) is 18.2 Å². The molecule has 0 fully saturated rings. The molecule has 1 aromatic rings. The highest BCUT2D eigenvalue weighted by atomic mass is 19.4. The third kappa shape index (κ3) is 2.17. The van der Waals surface area contributed by atoms with Gasteiger partial charge in [-0.25, -0.2) is 0 Å². The number of hydrogen-bond donors (Lipinski definition) is 2. The van der Waals surface area contributed by atoms with Gasteiger partial charge in [-0.1, -0.05) is 6.07 Å². The van der Waals surface area contributed by atoms with E-state index in [9.17, 15) is 13.2 Å². The molecule has 1 unspecified atom stereocenters. The van der Waals surface area contributed by atoms with E-state index in [0.29, 0.717) is 5.56 Å². The Labute approximate surface area is 79.2 Å². The van der Waals surface area contributed by atoms with E-state index >= 15 is 0 Å². The molecular formula is C9H10F3NO. The third-order valence-corrected chi connectivity index (χ3v) is 1.94. The van der Waals surface area contributed by atoms with Gasteiger partial charge in [0.15, 0.2) is 0 Å². The monoisotopic (exact) mass is 205 g/mol. The Balaban J connectivity index is 3.08. The second-order valence-electron chi connectivity index (χ2n) is 3.06. The second kappa shape index (κ2) is 3.49. The predicted octanol–water partition coefficient (Wildman–Crippen LogP) is 2.26. The molecule has 1 aromatic carbocycles. The van der Waals surface area contributed by atoms with E-state index < -0.39 is 12.2 Å². The number of phenolic OH excluding ortho intramolecular Hbond substituents is 1. The number of benzene rings is 1. The van der Waals surface area contributed by atoms with Crippen LogP contribution in [0.4, 0.5) is 13.2 Å². The summed E-state index contributed by atoms with van der Waals surface area (Å²) in [7, 11) is 0. The van der Waals surface area contributed by atoms with Crippen molar-refractivity contribution in [1.82, 2.24) is 0 Å². The predicted molar refractivity (Wildman–Crippen MR) is 45.8 cm³/mol. The number of aryl methyl sites for hydroxylation is 1. The molecule has 0 saturated heterocycles. The van der Waals surface area contributed by atoms with Gasteiger partial charge >= 0.3 is 6.18 Å². The summed E-state index contributed by atoms with van der Waals surface area (Å²) in [5, 5.41) is 9.00. The lowest BCUT2D eigenvalue weighted by Crippen LogP contribution is -2.29. The first-order valence-corrected chi connectivity index (χ1v) is 3.94. The molecule has 14 heavy (non-hydrogen) atoms. The van der Waals surface area contributed by atoms with E-state index in [1.807, 2.05) is 0 Å². The first-order chi connectivity index (χ1) is 6.32. The first kappa shape index (κ1) is 10.8. The zero-order valence-corrected chi connectivity index (χ0v) is 7.47. The van der Waals surface area contributed by atoms with Crippen LogP contribution in [-0.4, -0.2) is 11.3 Å². The van der Waals surface area contributed by atoms with E-state index in [1.165, 1.54) is 25.1 Å². The fourth-order valence-corrected chi connectivity index (χ4v) is 1.19. The SMILES string of the molecule is Cc1cc(O)ccc1C(N)C(F)(F)F. The maximum absolute atomic E-state index is 12.2. The number of phenols is 1. The summed E-state index contributed by atoms with van der Waals surface area (Å²) in [5.41, 5.74) is 5.33. The minimum atomic E-state index is -4.46. The number of aromatic hydroxyl groups is 1. The Morgan fingerprint density at radius 3 is 2.36 bits per heavy atom. The molecule has 0 radical (unpaired) electrons. The quantitative estimate of drug-likeness (QED) is 0.738. The van der Waals surface area contributed by atoms with Gasteiger partial charge in [0.2, 0.25) is 0 Å². The normalized spacial score (nSPS) is 14.1. The van der Waals surface area contributed by atoms with Gasteiger partial charge in [0.25, 0.3) is 0 Å². The highest BCUT2D eigenvalue weighted by Crippen LogP contribution is 2.32. The standard InChI is InChI=1S/C9H10F3NO/c1-5-4-6(14)2-3-7(5)8(13)9(10,11)12/h2-4,8,14H,13H2,1H3. The van der Waals surface area contributed by atoms with E-state index in [1.54, 1.807) is 0 Å². The summed E-state index contributed by atoms with van der Waals surface area (Å²) in [6.45, 7) is 1.47. The highest BCUT2D eigenvalue weighted by molar-refractivity contribution is 5.36. The maximum atomic E-state index is 12.2. The van der Waals surface area contributed by atoms with Crippen LogP contribution in [0.3, 0.4) is 0 Å². The molecule has 0 heterocycles. The zero-order chi connectivity index (χ0) is 10.9. The minimum Gasteiger partial charge on any atom is -0.508 e. The van der Waals surface area contributed by atoms with Gasteiger partial charge in [0, 0.05) is 0 Å². The van der Waals surface area contributed by atoms with Gasteiger partial charge in [-0.3, -0.25) is 0 Å². The van der Waals surface area contributed by atoms with Gasteiger partial charge in [-0.2, -0.15) is 13.2 Å². The van der Waals surface area contributed by atoms with Crippen molar-refractivity contribution in [1.29, 1.82) is 0 Å². The van der Waals surface area contributed by atoms with Crippen molar-refractivity contribution in [2.24, 2.45) is 5.73 Å². The molecule has 0 aromatic heterocycles. The van der Waals surface area contributed by atoms with Crippen LogP contribution in [0.5, 0.6) is 5.75 Å². The van der Waals surface area contributed by atoms with Crippen molar-refractivity contribution in [3.8, 4) is 5.75 Å². The summed E-state index contributed by atoms with van der Waals surface area (Å²) in [5.74, 6) is -0.0689. The topological polar surface area (TPSA) is 46.2 Å². The average molecular weight is 205 g/mol. The van der Waals surface area contributed by atoms with Crippen LogP contribution in [0.25, 0.3) is 0 Å². The second-order valence-corrected chi connectivity index (χ2v) is 3.06. The van der Waals surface area contributed by atoms with E-state index in [-0.39, 0.29) is 11.3 Å². The molecule has 1 rings (SSSR count). The lowest BCUT2D eigenvalue weighted by molar-refractivity contribution is -0.149. The van der Waals surface area contributed by atoms with Crippen LogP contribution >= 0.6 is 0 Å². The van der Waals surface area contributed by atoms with E-state index in [0.717, 1.165) is 0 Å². The largest absolute Gasteiger partial charge is 0.508 e. The Kier molecular flexibility index (Phi) is 2.71. The van der Waals surface area contributed by atoms with Gasteiger partial charge in [0.1, 0.15) is 11.8 Å². The molecule has 5 heteroatoms. The molecule has 0 spiro atoms. The molecule has 1 atom stereocenters.